The fraction of sp³-hybridized carbons (Fsp3) is 0.625. The molecular formula is C16H24N2O4S. The molecule has 0 radical (unpaired) electrons. The van der Waals surface area contributed by atoms with E-state index in [2.05, 4.69) is 10.6 Å². The van der Waals surface area contributed by atoms with Crippen LogP contribution in [-0.2, 0) is 19.3 Å². The molecule has 0 aromatic heterocycles. The van der Waals surface area contributed by atoms with Crippen molar-refractivity contribution in [2.24, 2.45) is 5.92 Å². The fourth-order valence-corrected chi connectivity index (χ4v) is 3.57. The largest absolute Gasteiger partial charge is 0.381 e. The summed E-state index contributed by atoms with van der Waals surface area (Å²) in [7, 11) is -3.15. The normalized spacial score (nSPS) is 28.8. The van der Waals surface area contributed by atoms with E-state index in [9.17, 15) is 8.42 Å². The summed E-state index contributed by atoms with van der Waals surface area (Å²) in [6.45, 7) is 3.89. The first-order valence-electron chi connectivity index (χ1n) is 7.98. The lowest BCUT2D eigenvalue weighted by molar-refractivity contribution is -0.0106. The number of piperazine rings is 1. The minimum Gasteiger partial charge on any atom is -0.381 e. The first-order valence-corrected chi connectivity index (χ1v) is 9.87. The van der Waals surface area contributed by atoms with Crippen molar-refractivity contribution in [2.45, 2.75) is 23.6 Å². The predicted molar refractivity (Wildman–Crippen MR) is 87.0 cm³/mol. The third-order valence-electron chi connectivity index (χ3n) is 4.33. The van der Waals surface area contributed by atoms with E-state index in [0.717, 1.165) is 38.3 Å². The predicted octanol–water partition coefficient (Wildman–Crippen LogP) is 0.703. The van der Waals surface area contributed by atoms with E-state index in [4.69, 9.17) is 9.47 Å². The highest BCUT2D eigenvalue weighted by atomic mass is 32.2. The van der Waals surface area contributed by atoms with Crippen molar-refractivity contribution in [1.29, 1.82) is 0 Å². The average molecular weight is 340 g/mol. The molecule has 6 nitrogen and oxygen atoms in total. The maximum atomic E-state index is 11.5. The minimum atomic E-state index is -3.15. The number of nitrogens with one attached hydrogen (secondary N) is 2. The molecule has 128 valence electrons. The van der Waals surface area contributed by atoms with Gasteiger partial charge in [-0.05, 0) is 24.1 Å². The van der Waals surface area contributed by atoms with Crippen LogP contribution in [0.5, 0.6) is 0 Å². The monoisotopic (exact) mass is 340 g/mol. The number of hydrogen-bond acceptors (Lipinski definition) is 6. The van der Waals surface area contributed by atoms with E-state index >= 15 is 0 Å². The molecule has 1 aromatic carbocycles. The topological polar surface area (TPSA) is 76.7 Å². The summed E-state index contributed by atoms with van der Waals surface area (Å²) in [5.41, 5.74) is 1.06. The van der Waals surface area contributed by atoms with Crippen LogP contribution in [0.15, 0.2) is 29.2 Å². The number of hydrogen-bond donors (Lipinski definition) is 2. The van der Waals surface area contributed by atoms with Crippen LogP contribution in [0.2, 0.25) is 0 Å². The Labute approximate surface area is 137 Å². The highest BCUT2D eigenvalue weighted by molar-refractivity contribution is 7.90. The Morgan fingerprint density at radius 2 is 2.04 bits per heavy atom. The standard InChI is InChI=1S/C16H24N2O4S/c1-23(19,20)14-4-2-13(3-5-14)15-8-17-9-16(18-15)22-11-12-6-7-21-10-12/h2-5,12,15-18H,6-11H2,1H3. The number of rotatable bonds is 5. The smallest absolute Gasteiger partial charge is 0.175 e. The van der Waals surface area contributed by atoms with Gasteiger partial charge in [-0.15, -0.1) is 0 Å². The lowest BCUT2D eigenvalue weighted by Crippen LogP contribution is -2.51. The molecule has 0 saturated carbocycles. The molecule has 0 amide bonds. The van der Waals surface area contributed by atoms with Gasteiger partial charge in [-0.3, -0.25) is 5.32 Å². The van der Waals surface area contributed by atoms with Crippen molar-refractivity contribution in [3.8, 4) is 0 Å². The molecule has 2 aliphatic heterocycles. The highest BCUT2D eigenvalue weighted by Gasteiger charge is 2.24. The van der Waals surface area contributed by atoms with Gasteiger partial charge in [0.25, 0.3) is 0 Å². The second-order valence-electron chi connectivity index (χ2n) is 6.27. The van der Waals surface area contributed by atoms with Crippen LogP contribution in [0.1, 0.15) is 18.0 Å². The maximum Gasteiger partial charge on any atom is 0.175 e. The van der Waals surface area contributed by atoms with Gasteiger partial charge in [0.15, 0.2) is 9.84 Å². The van der Waals surface area contributed by atoms with Crippen LogP contribution in [0.25, 0.3) is 0 Å². The van der Waals surface area contributed by atoms with Crippen LogP contribution < -0.4 is 10.6 Å². The fourth-order valence-electron chi connectivity index (χ4n) is 2.94. The van der Waals surface area contributed by atoms with Gasteiger partial charge >= 0.3 is 0 Å². The first kappa shape index (κ1) is 16.9. The van der Waals surface area contributed by atoms with Crippen LogP contribution >= 0.6 is 0 Å². The SMILES string of the molecule is CS(=O)(=O)c1ccc(C2CNCC(OCC3CCOC3)N2)cc1. The van der Waals surface area contributed by atoms with E-state index in [0.29, 0.717) is 17.4 Å². The lowest BCUT2D eigenvalue weighted by atomic mass is 10.1. The van der Waals surface area contributed by atoms with E-state index in [1.165, 1.54) is 6.26 Å². The first-order chi connectivity index (χ1) is 11.0. The van der Waals surface area contributed by atoms with Gasteiger partial charge in [-0.25, -0.2) is 8.42 Å². The van der Waals surface area contributed by atoms with Gasteiger partial charge in [0.05, 0.1) is 18.1 Å². The molecule has 0 bridgehead atoms. The Bertz CT molecular complexity index is 611. The third kappa shape index (κ3) is 4.51. The molecule has 23 heavy (non-hydrogen) atoms. The molecular weight excluding hydrogens is 316 g/mol. The molecule has 2 fully saturated rings. The Kier molecular flexibility index (Phi) is 5.33. The molecule has 0 spiro atoms. The number of ether oxygens (including phenoxy) is 2. The van der Waals surface area contributed by atoms with Gasteiger partial charge < -0.3 is 14.8 Å². The number of sulfone groups is 1. The molecule has 3 rings (SSSR count). The van der Waals surface area contributed by atoms with Crippen molar-refractivity contribution < 1.29 is 17.9 Å². The van der Waals surface area contributed by atoms with E-state index in [1.54, 1.807) is 12.1 Å². The summed E-state index contributed by atoms with van der Waals surface area (Å²) in [6, 6.07) is 7.16. The Hall–Kier alpha value is -0.990. The third-order valence-corrected chi connectivity index (χ3v) is 5.46. The van der Waals surface area contributed by atoms with E-state index in [1.807, 2.05) is 12.1 Å². The summed E-state index contributed by atoms with van der Waals surface area (Å²) >= 11 is 0. The van der Waals surface area contributed by atoms with Crippen LogP contribution in [-0.4, -0.2) is 53.8 Å². The molecule has 0 aliphatic carbocycles. The van der Waals surface area contributed by atoms with Gasteiger partial charge in [-0.2, -0.15) is 0 Å². The highest BCUT2D eigenvalue weighted by Crippen LogP contribution is 2.19. The average Bonchev–Trinajstić information content (AvgIpc) is 3.06. The number of benzene rings is 1. The molecule has 2 N–H and O–H groups in total. The Morgan fingerprint density at radius 3 is 2.70 bits per heavy atom. The zero-order valence-electron chi connectivity index (χ0n) is 13.3. The molecule has 7 heteroatoms. The van der Waals surface area contributed by atoms with Crippen LogP contribution in [0.4, 0.5) is 0 Å². The van der Waals surface area contributed by atoms with Gasteiger partial charge in [0.2, 0.25) is 0 Å². The Balaban J connectivity index is 1.57. The zero-order valence-corrected chi connectivity index (χ0v) is 14.1. The maximum absolute atomic E-state index is 11.5. The van der Waals surface area contributed by atoms with Gasteiger partial charge in [0.1, 0.15) is 6.23 Å². The summed E-state index contributed by atoms with van der Waals surface area (Å²) in [5.74, 6) is 0.492. The van der Waals surface area contributed by atoms with Crippen molar-refractivity contribution in [3.05, 3.63) is 29.8 Å². The molecule has 2 saturated heterocycles. The summed E-state index contributed by atoms with van der Waals surface area (Å²) in [4.78, 5) is 0.346. The van der Waals surface area contributed by atoms with Crippen molar-refractivity contribution in [1.82, 2.24) is 10.6 Å². The van der Waals surface area contributed by atoms with E-state index < -0.39 is 9.84 Å². The second-order valence-corrected chi connectivity index (χ2v) is 8.29. The summed E-state index contributed by atoms with van der Waals surface area (Å²) in [5, 5.41) is 6.84. The zero-order chi connectivity index (χ0) is 16.3. The minimum absolute atomic E-state index is 0.0380. The Morgan fingerprint density at radius 1 is 1.26 bits per heavy atom. The summed E-state index contributed by atoms with van der Waals surface area (Å²) < 4.78 is 34.4. The second kappa shape index (κ2) is 7.27. The van der Waals surface area contributed by atoms with Crippen molar-refractivity contribution >= 4 is 9.84 Å². The molecule has 3 unspecified atom stereocenters. The van der Waals surface area contributed by atoms with Crippen molar-refractivity contribution in [3.63, 3.8) is 0 Å². The van der Waals surface area contributed by atoms with Gasteiger partial charge in [-0.1, -0.05) is 12.1 Å². The van der Waals surface area contributed by atoms with Gasteiger partial charge in [0, 0.05) is 37.9 Å². The quantitative estimate of drug-likeness (QED) is 0.822. The van der Waals surface area contributed by atoms with Crippen LogP contribution in [0.3, 0.4) is 0 Å². The lowest BCUT2D eigenvalue weighted by Gasteiger charge is -2.32. The van der Waals surface area contributed by atoms with Crippen LogP contribution in [0, 0.1) is 5.92 Å². The molecule has 2 aliphatic rings. The molecule has 3 atom stereocenters. The molecule has 1 aromatic rings. The summed E-state index contributed by atoms with van der Waals surface area (Å²) in [6.07, 6.45) is 2.25. The van der Waals surface area contributed by atoms with Crippen molar-refractivity contribution in [2.75, 3.05) is 39.2 Å². The molecule has 2 heterocycles. The van der Waals surface area contributed by atoms with E-state index in [-0.39, 0.29) is 12.3 Å².